The van der Waals surface area contributed by atoms with Crippen LogP contribution in [0.3, 0.4) is 0 Å². The van der Waals surface area contributed by atoms with Crippen LogP contribution in [0.15, 0.2) is 0 Å². The molecule has 0 heterocycles. The van der Waals surface area contributed by atoms with E-state index in [1.807, 2.05) is 0 Å². The van der Waals surface area contributed by atoms with Crippen LogP contribution in [0, 0.1) is 0 Å². The number of likely N-dealkylation sites (N-methyl/N-ethyl adjacent to an activating group) is 1. The van der Waals surface area contributed by atoms with Crippen molar-refractivity contribution in [1.29, 1.82) is 0 Å². The molecule has 0 radical (unpaired) electrons. The van der Waals surface area contributed by atoms with E-state index in [1.54, 1.807) is 0 Å². The lowest BCUT2D eigenvalue weighted by Gasteiger charge is -2.26. The lowest BCUT2D eigenvalue weighted by Crippen LogP contribution is -2.46. The van der Waals surface area contributed by atoms with E-state index in [0.29, 0.717) is 0 Å². The van der Waals surface area contributed by atoms with Gasteiger partial charge >= 0.3 is 6.55 Å². The number of hydrogen-bond donors (Lipinski definition) is 1. The molecule has 0 saturated heterocycles. The van der Waals surface area contributed by atoms with E-state index in [4.69, 9.17) is 5.11 Å². The fraction of sp³-hybridized carbons (Fsp3) is 1.00. The smallest absolute Gasteiger partial charge is 0.380 e. The van der Waals surface area contributed by atoms with Crippen molar-refractivity contribution in [3.63, 3.8) is 0 Å². The first-order chi connectivity index (χ1) is 4.00. The minimum atomic E-state index is -2.41. The Hall–Kier alpha value is -0.220. The molecular weight excluding hydrogens is 128 g/mol. The Morgan fingerprint density at radius 1 is 1.44 bits per heavy atom. The van der Waals surface area contributed by atoms with E-state index >= 15 is 0 Å². The zero-order chi connectivity index (χ0) is 7.49. The van der Waals surface area contributed by atoms with E-state index in [0.717, 1.165) is 0 Å². The molecule has 0 spiro atoms. The van der Waals surface area contributed by atoms with E-state index in [-0.39, 0.29) is 13.2 Å². The lowest BCUT2D eigenvalue weighted by atomic mass is 10.5. The van der Waals surface area contributed by atoms with Crippen molar-refractivity contribution in [1.82, 2.24) is 0 Å². The summed E-state index contributed by atoms with van der Waals surface area (Å²) in [6.45, 7) is -2.51. The summed E-state index contributed by atoms with van der Waals surface area (Å²) in [4.78, 5) is 0. The number of quaternary nitrogens is 1. The predicted molar refractivity (Wildman–Crippen MR) is 30.1 cm³/mol. The summed E-state index contributed by atoms with van der Waals surface area (Å²) in [5.41, 5.74) is 0. The van der Waals surface area contributed by atoms with E-state index in [1.165, 1.54) is 14.1 Å². The first-order valence-corrected chi connectivity index (χ1v) is 2.72. The van der Waals surface area contributed by atoms with Crippen LogP contribution >= 0.6 is 0 Å². The monoisotopic (exact) mass is 140 g/mol. The molecule has 0 bridgehead atoms. The molecule has 0 atom stereocenters. The summed E-state index contributed by atoms with van der Waals surface area (Å²) < 4.78 is 23.3. The second-order valence-corrected chi connectivity index (χ2v) is 2.50. The number of nitrogens with zero attached hydrogens (tertiary/aromatic N) is 1. The Morgan fingerprint density at radius 2 is 1.89 bits per heavy atom. The van der Waals surface area contributed by atoms with Gasteiger partial charge in [-0.2, -0.15) is 8.78 Å². The molecule has 0 aromatic rings. The van der Waals surface area contributed by atoms with Crippen molar-refractivity contribution in [2.24, 2.45) is 0 Å². The lowest BCUT2D eigenvalue weighted by molar-refractivity contribution is -0.945. The van der Waals surface area contributed by atoms with Crippen LogP contribution in [-0.2, 0) is 0 Å². The summed E-state index contributed by atoms with van der Waals surface area (Å²) >= 11 is 0. The summed E-state index contributed by atoms with van der Waals surface area (Å²) in [6.07, 6.45) is 0. The minimum absolute atomic E-state index is 0.0949. The van der Waals surface area contributed by atoms with E-state index in [2.05, 4.69) is 0 Å². The molecule has 0 aromatic carbocycles. The predicted octanol–water partition coefficient (Wildman–Crippen LogP) is 0.278. The van der Waals surface area contributed by atoms with Crippen LogP contribution in [0.25, 0.3) is 0 Å². The molecule has 2 nitrogen and oxygen atoms in total. The quantitative estimate of drug-likeness (QED) is 0.441. The molecule has 9 heavy (non-hydrogen) atoms. The zero-order valence-corrected chi connectivity index (χ0v) is 5.64. The van der Waals surface area contributed by atoms with Gasteiger partial charge in [-0.1, -0.05) is 0 Å². The van der Waals surface area contributed by atoms with Gasteiger partial charge in [-0.3, -0.25) is 4.48 Å². The molecule has 0 rings (SSSR count). The summed E-state index contributed by atoms with van der Waals surface area (Å²) in [6, 6.07) is 0. The fourth-order valence-electron chi connectivity index (χ4n) is 0.355. The molecule has 4 heteroatoms. The summed E-state index contributed by atoms with van der Waals surface area (Å²) in [5.74, 6) is 0. The van der Waals surface area contributed by atoms with Crippen LogP contribution in [0.1, 0.15) is 0 Å². The number of rotatable bonds is 3. The molecule has 0 saturated carbocycles. The van der Waals surface area contributed by atoms with Crippen LogP contribution in [0.4, 0.5) is 8.78 Å². The van der Waals surface area contributed by atoms with E-state index < -0.39 is 11.0 Å². The molecule has 0 amide bonds. The molecule has 0 aliphatic heterocycles. The maximum absolute atomic E-state index is 11.9. The maximum atomic E-state index is 11.9. The van der Waals surface area contributed by atoms with Crippen molar-refractivity contribution < 1.29 is 18.4 Å². The molecule has 0 unspecified atom stereocenters. The fourth-order valence-corrected chi connectivity index (χ4v) is 0.355. The number of hydrogen-bond acceptors (Lipinski definition) is 1. The minimum Gasteiger partial charge on any atom is -0.391 e. The van der Waals surface area contributed by atoms with Crippen molar-refractivity contribution in [2.75, 3.05) is 27.2 Å². The van der Waals surface area contributed by atoms with Gasteiger partial charge < -0.3 is 5.11 Å². The normalized spacial score (nSPS) is 12.7. The Balaban J connectivity index is 3.70. The maximum Gasteiger partial charge on any atom is 0.380 e. The van der Waals surface area contributed by atoms with Crippen LogP contribution in [-0.4, -0.2) is 43.4 Å². The molecule has 56 valence electrons. The highest BCUT2D eigenvalue weighted by Gasteiger charge is 2.25. The van der Waals surface area contributed by atoms with Crippen molar-refractivity contribution >= 4 is 0 Å². The average Bonchev–Trinajstić information content (AvgIpc) is 1.65. The van der Waals surface area contributed by atoms with Gasteiger partial charge in [-0.05, 0) is 0 Å². The highest BCUT2D eigenvalue weighted by molar-refractivity contribution is 4.25. The Labute approximate surface area is 53.3 Å². The third kappa shape index (κ3) is 2.72. The van der Waals surface area contributed by atoms with E-state index in [9.17, 15) is 8.78 Å². The standard InChI is InChI=1S/C5H12F2NO/c1-8(2,3-4-9)5(6)7/h5,9H,3-4H2,1-2H3/q+1. The molecule has 0 fully saturated rings. The van der Waals surface area contributed by atoms with Crippen molar-refractivity contribution in [3.8, 4) is 0 Å². The number of aliphatic hydroxyl groups is 1. The summed E-state index contributed by atoms with van der Waals surface area (Å²) in [5, 5.41) is 8.30. The second kappa shape index (κ2) is 3.08. The van der Waals surface area contributed by atoms with Crippen LogP contribution in [0.2, 0.25) is 0 Å². The zero-order valence-electron chi connectivity index (χ0n) is 5.64. The topological polar surface area (TPSA) is 20.2 Å². The largest absolute Gasteiger partial charge is 0.391 e. The Morgan fingerprint density at radius 3 is 2.00 bits per heavy atom. The van der Waals surface area contributed by atoms with Gasteiger partial charge in [-0.25, -0.2) is 0 Å². The van der Waals surface area contributed by atoms with Crippen LogP contribution in [0.5, 0.6) is 0 Å². The Bertz CT molecular complexity index is 85.0. The van der Waals surface area contributed by atoms with Gasteiger partial charge in [0.05, 0.1) is 20.7 Å². The first-order valence-electron chi connectivity index (χ1n) is 2.72. The molecular formula is C5H12F2NO+. The molecule has 0 aliphatic rings. The van der Waals surface area contributed by atoms with Crippen molar-refractivity contribution in [3.05, 3.63) is 0 Å². The molecule has 1 N–H and O–H groups in total. The average molecular weight is 140 g/mol. The van der Waals surface area contributed by atoms with Gasteiger partial charge in [0.2, 0.25) is 0 Å². The molecule has 0 aromatic heterocycles. The molecule has 0 aliphatic carbocycles. The Kier molecular flexibility index (Phi) is 3.00. The number of aliphatic hydroxyl groups excluding tert-OH is 1. The SMILES string of the molecule is C[N+](C)(CCO)C(F)F. The summed E-state index contributed by atoms with van der Waals surface area (Å²) in [7, 11) is 2.75. The third-order valence-electron chi connectivity index (χ3n) is 1.20. The van der Waals surface area contributed by atoms with Gasteiger partial charge in [0, 0.05) is 0 Å². The van der Waals surface area contributed by atoms with Gasteiger partial charge in [0.1, 0.15) is 6.54 Å². The highest BCUT2D eigenvalue weighted by atomic mass is 19.3. The van der Waals surface area contributed by atoms with Crippen LogP contribution < -0.4 is 0 Å². The highest BCUT2D eigenvalue weighted by Crippen LogP contribution is 2.07. The van der Waals surface area contributed by atoms with Gasteiger partial charge in [0.15, 0.2) is 0 Å². The first kappa shape index (κ1) is 8.78. The number of halogens is 2. The second-order valence-electron chi connectivity index (χ2n) is 2.50. The number of alkyl halides is 2. The van der Waals surface area contributed by atoms with Crippen molar-refractivity contribution in [2.45, 2.75) is 6.55 Å². The third-order valence-corrected chi connectivity index (χ3v) is 1.20. The van der Waals surface area contributed by atoms with Gasteiger partial charge in [-0.15, -0.1) is 0 Å². The van der Waals surface area contributed by atoms with Gasteiger partial charge in [0.25, 0.3) is 0 Å².